The minimum atomic E-state index is -0.540. The van der Waals surface area contributed by atoms with E-state index in [9.17, 15) is 9.59 Å². The van der Waals surface area contributed by atoms with Crippen LogP contribution in [0.4, 0.5) is 0 Å². The van der Waals surface area contributed by atoms with E-state index in [0.717, 1.165) is 65.1 Å². The minimum Gasteiger partial charge on any atom is -0.497 e. The van der Waals surface area contributed by atoms with Gasteiger partial charge in [-0.05, 0) is 90.6 Å². The van der Waals surface area contributed by atoms with Gasteiger partial charge in [-0.2, -0.15) is 0 Å². The molecule has 1 fully saturated rings. The van der Waals surface area contributed by atoms with E-state index in [1.807, 2.05) is 43.5 Å². The second kappa shape index (κ2) is 11.7. The molecular weight excluding hydrogens is 540 g/mol. The van der Waals surface area contributed by atoms with Crippen molar-refractivity contribution < 1.29 is 14.3 Å². The van der Waals surface area contributed by atoms with Crippen molar-refractivity contribution >= 4 is 29.5 Å². The summed E-state index contributed by atoms with van der Waals surface area (Å²) in [4.78, 5) is 29.6. The fourth-order valence-electron chi connectivity index (χ4n) is 6.37. The molecule has 1 aliphatic carbocycles. The molecule has 9 nitrogen and oxygen atoms in total. The van der Waals surface area contributed by atoms with E-state index < -0.39 is 12.1 Å². The van der Waals surface area contributed by atoms with Crippen LogP contribution in [0.5, 0.6) is 5.75 Å². The lowest BCUT2D eigenvalue weighted by molar-refractivity contribution is -0.140. The summed E-state index contributed by atoms with van der Waals surface area (Å²) < 4.78 is 7.11. The number of methoxy groups -OCH3 is 1. The lowest BCUT2D eigenvalue weighted by Gasteiger charge is -2.32. The number of aromatic nitrogens is 3. The van der Waals surface area contributed by atoms with Crippen LogP contribution in [0.2, 0.25) is 5.02 Å². The van der Waals surface area contributed by atoms with Crippen molar-refractivity contribution in [2.45, 2.75) is 44.2 Å². The van der Waals surface area contributed by atoms with Crippen LogP contribution in [0.15, 0.2) is 48.0 Å². The quantitative estimate of drug-likeness (QED) is 0.449. The molecule has 3 unspecified atom stereocenters. The number of ether oxygens (including phenoxy) is 1. The molecule has 3 aliphatic rings. The predicted octanol–water partition coefficient (Wildman–Crippen LogP) is 3.27. The Morgan fingerprint density at radius 1 is 1.15 bits per heavy atom. The largest absolute Gasteiger partial charge is 0.497 e. The Balaban J connectivity index is 1.20. The van der Waals surface area contributed by atoms with Gasteiger partial charge in [-0.1, -0.05) is 35.0 Å². The maximum absolute atomic E-state index is 14.1. The molecule has 3 aromatic rings. The van der Waals surface area contributed by atoms with Gasteiger partial charge in [-0.25, -0.2) is 0 Å². The number of likely N-dealkylation sites (tertiary alicyclic amines) is 1. The van der Waals surface area contributed by atoms with Gasteiger partial charge in [-0.15, -0.1) is 5.10 Å². The zero-order chi connectivity index (χ0) is 28.5. The molecule has 3 heterocycles. The summed E-state index contributed by atoms with van der Waals surface area (Å²) >= 11 is 6.25. The van der Waals surface area contributed by atoms with E-state index in [-0.39, 0.29) is 17.7 Å². The Labute approximate surface area is 244 Å². The molecule has 2 amide bonds. The number of nitrogens with one attached hydrogen (secondary N) is 2. The van der Waals surface area contributed by atoms with E-state index in [2.05, 4.69) is 33.1 Å². The summed E-state index contributed by atoms with van der Waals surface area (Å²) in [6, 6.07) is 12.7. The Morgan fingerprint density at radius 2 is 1.98 bits per heavy atom. The highest BCUT2D eigenvalue weighted by atomic mass is 35.5. The van der Waals surface area contributed by atoms with Crippen molar-refractivity contribution in [1.29, 1.82) is 0 Å². The monoisotopic (exact) mass is 574 g/mol. The number of nitrogens with zero attached hydrogens (tertiary/aromatic N) is 4. The Kier molecular flexibility index (Phi) is 7.81. The fourth-order valence-corrected chi connectivity index (χ4v) is 6.57. The summed E-state index contributed by atoms with van der Waals surface area (Å²) in [5.41, 5.74) is 6.26. The summed E-state index contributed by atoms with van der Waals surface area (Å²) in [5, 5.41) is 15.5. The highest BCUT2D eigenvalue weighted by Crippen LogP contribution is 2.33. The van der Waals surface area contributed by atoms with Crippen LogP contribution >= 0.6 is 11.6 Å². The smallest absolute Gasteiger partial charge is 0.245 e. The second-order valence-corrected chi connectivity index (χ2v) is 11.6. The average molecular weight is 575 g/mol. The first kappa shape index (κ1) is 27.5. The van der Waals surface area contributed by atoms with Gasteiger partial charge in [0, 0.05) is 31.7 Å². The van der Waals surface area contributed by atoms with Crippen molar-refractivity contribution in [2.75, 3.05) is 26.7 Å². The molecule has 0 radical (unpaired) electrons. The third kappa shape index (κ3) is 5.74. The average Bonchev–Trinajstić information content (AvgIpc) is 3.58. The molecule has 10 heteroatoms. The third-order valence-corrected chi connectivity index (χ3v) is 8.78. The molecule has 0 bridgehead atoms. The molecule has 2 aliphatic heterocycles. The van der Waals surface area contributed by atoms with E-state index in [1.165, 1.54) is 0 Å². The first-order chi connectivity index (χ1) is 19.9. The van der Waals surface area contributed by atoms with E-state index in [1.54, 1.807) is 16.7 Å². The minimum absolute atomic E-state index is 0.0632. The van der Waals surface area contributed by atoms with Gasteiger partial charge in [-0.3, -0.25) is 14.3 Å². The molecule has 2 aromatic carbocycles. The number of aryl methyl sites for hydroxylation is 1. The predicted molar refractivity (Wildman–Crippen MR) is 157 cm³/mol. The molecule has 1 aromatic heterocycles. The van der Waals surface area contributed by atoms with Crippen LogP contribution in [0.25, 0.3) is 6.08 Å². The topological polar surface area (TPSA) is 101 Å². The Morgan fingerprint density at radius 3 is 2.78 bits per heavy atom. The number of carbonyl (C=O) groups is 2. The van der Waals surface area contributed by atoms with Crippen LogP contribution in [0.1, 0.15) is 47.0 Å². The number of hydrogen-bond donors (Lipinski definition) is 2. The maximum atomic E-state index is 14.1. The Hall–Kier alpha value is -3.69. The lowest BCUT2D eigenvalue weighted by atomic mass is 9.93. The standard InChI is InChI=1S/C31H35ClN6O3/c1-37-27-10-5-20(14-26(27)35-36-37)17-34-30(39)28-15-21(13-19-3-7-24(41-2)8-4-19)18-38(28)31(40)29-25-9-6-23(32)16-22(25)11-12-33-29/h3-4,6-9,14,16,21,28-29,33H,5,10-13,15,17-18H2,1-2H3,(H,34,39). The maximum Gasteiger partial charge on any atom is 0.245 e. The molecule has 6 rings (SSSR count). The first-order valence-corrected chi connectivity index (χ1v) is 14.6. The van der Waals surface area contributed by atoms with Crippen molar-refractivity contribution in [3.05, 3.63) is 81.1 Å². The SMILES string of the molecule is COc1ccc(CC2CC(C(=O)NCC3=Cc4nnn(C)c4CC3)N(C(=O)C3NCCc4cc(Cl)ccc43)C2)cc1. The van der Waals surface area contributed by atoms with Gasteiger partial charge in [0.15, 0.2) is 0 Å². The molecule has 41 heavy (non-hydrogen) atoms. The molecule has 2 N–H and O–H groups in total. The van der Waals surface area contributed by atoms with Gasteiger partial charge in [0.05, 0.1) is 12.8 Å². The van der Waals surface area contributed by atoms with E-state index >= 15 is 0 Å². The van der Waals surface area contributed by atoms with Gasteiger partial charge < -0.3 is 20.3 Å². The van der Waals surface area contributed by atoms with E-state index in [0.29, 0.717) is 31.1 Å². The zero-order valence-electron chi connectivity index (χ0n) is 23.4. The van der Waals surface area contributed by atoms with Crippen molar-refractivity contribution in [3.63, 3.8) is 0 Å². The summed E-state index contributed by atoms with van der Waals surface area (Å²) in [7, 11) is 3.55. The second-order valence-electron chi connectivity index (χ2n) is 11.2. The number of hydrogen-bond acceptors (Lipinski definition) is 6. The van der Waals surface area contributed by atoms with Crippen LogP contribution in [0.3, 0.4) is 0 Å². The van der Waals surface area contributed by atoms with Crippen LogP contribution in [0, 0.1) is 5.92 Å². The van der Waals surface area contributed by atoms with Crippen LogP contribution < -0.4 is 15.4 Å². The number of rotatable bonds is 7. The molecular formula is C31H35ClN6O3. The van der Waals surface area contributed by atoms with E-state index in [4.69, 9.17) is 16.3 Å². The van der Waals surface area contributed by atoms with Crippen molar-refractivity contribution in [3.8, 4) is 5.75 Å². The number of carbonyl (C=O) groups excluding carboxylic acids is 2. The van der Waals surface area contributed by atoms with Crippen molar-refractivity contribution in [1.82, 2.24) is 30.5 Å². The lowest BCUT2D eigenvalue weighted by Crippen LogP contribution is -2.50. The van der Waals surface area contributed by atoms with Gasteiger partial charge in [0.2, 0.25) is 11.8 Å². The normalized spacial score (nSPS) is 21.6. The molecule has 214 valence electrons. The fraction of sp³-hybridized carbons (Fsp3) is 0.419. The highest BCUT2D eigenvalue weighted by molar-refractivity contribution is 6.30. The molecule has 3 atom stereocenters. The summed E-state index contributed by atoms with van der Waals surface area (Å²) in [5.74, 6) is 0.787. The van der Waals surface area contributed by atoms with Crippen molar-refractivity contribution in [2.24, 2.45) is 13.0 Å². The van der Waals surface area contributed by atoms with Crippen LogP contribution in [-0.2, 0) is 35.9 Å². The van der Waals surface area contributed by atoms with Gasteiger partial charge >= 0.3 is 0 Å². The first-order valence-electron chi connectivity index (χ1n) is 14.2. The number of benzene rings is 2. The number of fused-ring (bicyclic) bond motifs is 2. The summed E-state index contributed by atoms with van der Waals surface area (Å²) in [6.07, 6.45) is 5.90. The third-order valence-electron chi connectivity index (χ3n) is 8.55. The molecule has 1 saturated heterocycles. The molecule has 0 spiro atoms. The van der Waals surface area contributed by atoms with Gasteiger partial charge in [0.1, 0.15) is 23.5 Å². The molecule has 0 saturated carbocycles. The zero-order valence-corrected chi connectivity index (χ0v) is 24.2. The van der Waals surface area contributed by atoms with Crippen LogP contribution in [-0.4, -0.2) is 64.5 Å². The number of halogens is 1. The highest BCUT2D eigenvalue weighted by Gasteiger charge is 2.42. The Bertz CT molecular complexity index is 1480. The van der Waals surface area contributed by atoms with Gasteiger partial charge in [0.25, 0.3) is 0 Å². The summed E-state index contributed by atoms with van der Waals surface area (Å²) in [6.45, 7) is 1.64. The number of amides is 2.